The Morgan fingerprint density at radius 2 is 1.94 bits per heavy atom. The summed E-state index contributed by atoms with van der Waals surface area (Å²) in [5, 5.41) is 0. The number of carbonyl (C=O) groups is 1. The molecular formula is C13H18IN3O. The number of hydrogen-bond acceptors (Lipinski definition) is 2. The van der Waals surface area contributed by atoms with Crippen LogP contribution in [-0.2, 0) is 6.54 Å². The smallest absolute Gasteiger partial charge is 0.325 e. The fourth-order valence-corrected chi connectivity index (χ4v) is 1.80. The normalized spacial score (nSPS) is 13.4. The van der Waals surface area contributed by atoms with Crippen LogP contribution in [0.2, 0.25) is 0 Å². The van der Waals surface area contributed by atoms with Crippen molar-refractivity contribution in [3.63, 3.8) is 0 Å². The Morgan fingerprint density at radius 1 is 1.28 bits per heavy atom. The quantitative estimate of drug-likeness (QED) is 0.759. The molecule has 1 aliphatic rings. The van der Waals surface area contributed by atoms with Gasteiger partial charge in [0.05, 0.1) is 6.67 Å². The molecular weight excluding hydrogens is 341 g/mol. The number of benzene rings is 1. The maximum atomic E-state index is 12.1. The first-order valence-electron chi connectivity index (χ1n) is 5.61. The molecule has 0 radical (unpaired) electrons. The minimum atomic E-state index is 0. The summed E-state index contributed by atoms with van der Waals surface area (Å²) in [4.78, 5) is 17.5. The average molecular weight is 359 g/mol. The summed E-state index contributed by atoms with van der Waals surface area (Å²) in [7, 11) is 3.77. The van der Waals surface area contributed by atoms with E-state index in [4.69, 9.17) is 0 Å². The Kier molecular flexibility index (Phi) is 5.46. The maximum absolute atomic E-state index is 12.1. The molecule has 0 N–H and O–H groups in total. The summed E-state index contributed by atoms with van der Waals surface area (Å²) < 4.78 is 0. The predicted octanol–water partition coefficient (Wildman–Crippen LogP) is 2.53. The van der Waals surface area contributed by atoms with Crippen molar-refractivity contribution < 1.29 is 4.79 Å². The first kappa shape index (κ1) is 14.8. The summed E-state index contributed by atoms with van der Waals surface area (Å²) in [6, 6.07) is 10.0. The molecule has 0 saturated carbocycles. The topological polar surface area (TPSA) is 26.8 Å². The van der Waals surface area contributed by atoms with Crippen molar-refractivity contribution in [3.05, 3.63) is 48.3 Å². The Balaban J connectivity index is 0.00000162. The van der Waals surface area contributed by atoms with E-state index in [-0.39, 0.29) is 30.0 Å². The van der Waals surface area contributed by atoms with E-state index in [2.05, 4.69) is 0 Å². The van der Waals surface area contributed by atoms with Gasteiger partial charge in [0.25, 0.3) is 0 Å². The lowest BCUT2D eigenvalue weighted by Crippen LogP contribution is -2.38. The number of hydrogen-bond donors (Lipinski definition) is 0. The second-order valence-corrected chi connectivity index (χ2v) is 4.29. The molecule has 5 heteroatoms. The van der Waals surface area contributed by atoms with Crippen molar-refractivity contribution in [2.75, 3.05) is 20.8 Å². The monoisotopic (exact) mass is 359 g/mol. The Labute approximate surface area is 125 Å². The fourth-order valence-electron chi connectivity index (χ4n) is 1.80. The van der Waals surface area contributed by atoms with Crippen LogP contribution in [0.1, 0.15) is 5.56 Å². The second-order valence-electron chi connectivity index (χ2n) is 4.29. The van der Waals surface area contributed by atoms with Crippen molar-refractivity contribution in [1.29, 1.82) is 0 Å². The summed E-state index contributed by atoms with van der Waals surface area (Å²) in [6.45, 7) is 1.26. The zero-order valence-corrected chi connectivity index (χ0v) is 12.9. The van der Waals surface area contributed by atoms with Gasteiger partial charge in [-0.2, -0.15) is 0 Å². The molecule has 1 aromatic carbocycles. The summed E-state index contributed by atoms with van der Waals surface area (Å²) >= 11 is 0. The summed E-state index contributed by atoms with van der Waals surface area (Å²) in [5.41, 5.74) is 1.14. The number of nitrogens with zero attached hydrogens (tertiary/aromatic N) is 3. The number of amides is 2. The first-order valence-corrected chi connectivity index (χ1v) is 5.61. The lowest BCUT2D eigenvalue weighted by molar-refractivity contribution is 0.171. The van der Waals surface area contributed by atoms with Gasteiger partial charge in [-0.25, -0.2) is 4.79 Å². The minimum absolute atomic E-state index is 0. The highest BCUT2D eigenvalue weighted by Gasteiger charge is 2.19. The van der Waals surface area contributed by atoms with E-state index < -0.39 is 0 Å². The van der Waals surface area contributed by atoms with Crippen molar-refractivity contribution >= 4 is 30.0 Å². The number of halogens is 1. The van der Waals surface area contributed by atoms with E-state index in [1.165, 1.54) is 0 Å². The molecule has 4 nitrogen and oxygen atoms in total. The van der Waals surface area contributed by atoms with Gasteiger partial charge in [0.15, 0.2) is 0 Å². The van der Waals surface area contributed by atoms with Crippen molar-refractivity contribution in [1.82, 2.24) is 14.7 Å². The van der Waals surface area contributed by atoms with E-state index in [1.54, 1.807) is 9.80 Å². The highest BCUT2D eigenvalue weighted by Crippen LogP contribution is 2.09. The van der Waals surface area contributed by atoms with Gasteiger partial charge in [0, 0.05) is 33.0 Å². The van der Waals surface area contributed by atoms with Crippen LogP contribution in [0, 0.1) is 0 Å². The van der Waals surface area contributed by atoms with Gasteiger partial charge in [0.2, 0.25) is 0 Å². The number of urea groups is 1. The van der Waals surface area contributed by atoms with Gasteiger partial charge >= 0.3 is 6.03 Å². The third-order valence-corrected chi connectivity index (χ3v) is 2.71. The van der Waals surface area contributed by atoms with Crippen LogP contribution in [0.4, 0.5) is 4.79 Å². The van der Waals surface area contributed by atoms with E-state index in [9.17, 15) is 4.79 Å². The van der Waals surface area contributed by atoms with Crippen LogP contribution in [0.3, 0.4) is 0 Å². The van der Waals surface area contributed by atoms with Crippen molar-refractivity contribution in [2.24, 2.45) is 0 Å². The molecule has 0 aliphatic carbocycles. The number of rotatable bonds is 2. The maximum Gasteiger partial charge on any atom is 0.325 e. The van der Waals surface area contributed by atoms with E-state index in [1.807, 2.05) is 61.7 Å². The molecule has 1 aliphatic heterocycles. The molecule has 1 heterocycles. The number of carbonyl (C=O) groups excluding carboxylic acids is 1. The van der Waals surface area contributed by atoms with Crippen LogP contribution < -0.4 is 0 Å². The zero-order chi connectivity index (χ0) is 12.3. The highest BCUT2D eigenvalue weighted by atomic mass is 127. The molecule has 2 rings (SSSR count). The van der Waals surface area contributed by atoms with Gasteiger partial charge in [-0.1, -0.05) is 30.3 Å². The predicted molar refractivity (Wildman–Crippen MR) is 82.3 cm³/mol. The van der Waals surface area contributed by atoms with Crippen molar-refractivity contribution in [2.45, 2.75) is 6.54 Å². The van der Waals surface area contributed by atoms with E-state index >= 15 is 0 Å². The van der Waals surface area contributed by atoms with Gasteiger partial charge in [-0.3, -0.25) is 4.90 Å². The average Bonchev–Trinajstić information content (AvgIpc) is 2.76. The van der Waals surface area contributed by atoms with Gasteiger partial charge in [-0.05, 0) is 5.56 Å². The van der Waals surface area contributed by atoms with Crippen LogP contribution in [0.5, 0.6) is 0 Å². The Hall–Kier alpha value is -1.24. The Morgan fingerprint density at radius 3 is 2.50 bits per heavy atom. The van der Waals surface area contributed by atoms with Crippen LogP contribution >= 0.6 is 24.0 Å². The molecule has 18 heavy (non-hydrogen) atoms. The molecule has 0 unspecified atom stereocenters. The second kappa shape index (κ2) is 6.63. The molecule has 1 aromatic rings. The minimum Gasteiger partial charge on any atom is -0.361 e. The summed E-state index contributed by atoms with van der Waals surface area (Å²) in [5.74, 6) is 0. The van der Waals surface area contributed by atoms with Gasteiger partial charge in [0.1, 0.15) is 0 Å². The van der Waals surface area contributed by atoms with Crippen molar-refractivity contribution in [3.8, 4) is 0 Å². The Bertz CT molecular complexity index is 422. The SMILES string of the molecule is CN1C=CN(C(=O)N(C)Cc2ccccc2)C1.I. The highest BCUT2D eigenvalue weighted by molar-refractivity contribution is 14.0. The molecule has 0 saturated heterocycles. The van der Waals surface area contributed by atoms with Gasteiger partial charge in [-0.15, -0.1) is 24.0 Å². The molecule has 98 valence electrons. The lowest BCUT2D eigenvalue weighted by atomic mass is 10.2. The third-order valence-electron chi connectivity index (χ3n) is 2.71. The largest absolute Gasteiger partial charge is 0.361 e. The third kappa shape index (κ3) is 3.63. The van der Waals surface area contributed by atoms with Crippen LogP contribution in [0.25, 0.3) is 0 Å². The fraction of sp³-hybridized carbons (Fsp3) is 0.308. The van der Waals surface area contributed by atoms with E-state index in [0.29, 0.717) is 13.2 Å². The van der Waals surface area contributed by atoms with Crippen LogP contribution in [0.15, 0.2) is 42.7 Å². The molecule has 0 atom stereocenters. The van der Waals surface area contributed by atoms with Crippen LogP contribution in [-0.4, -0.2) is 41.5 Å². The van der Waals surface area contributed by atoms with E-state index in [0.717, 1.165) is 5.56 Å². The van der Waals surface area contributed by atoms with Gasteiger partial charge < -0.3 is 9.80 Å². The molecule has 0 bridgehead atoms. The first-order chi connectivity index (χ1) is 8.16. The lowest BCUT2D eigenvalue weighted by Gasteiger charge is -2.24. The molecule has 0 aromatic heterocycles. The summed E-state index contributed by atoms with van der Waals surface area (Å²) in [6.07, 6.45) is 3.71. The molecule has 0 spiro atoms. The molecule has 0 fully saturated rings. The zero-order valence-electron chi connectivity index (χ0n) is 10.6. The standard InChI is InChI=1S/C13H17N3O.HI/c1-14-8-9-16(11-14)13(17)15(2)10-12-6-4-3-5-7-12;/h3-9H,10-11H2,1-2H3;1H. The molecule has 2 amide bonds.